The van der Waals surface area contributed by atoms with E-state index >= 15 is 0 Å². The van der Waals surface area contributed by atoms with Crippen LogP contribution in [-0.4, -0.2) is 150 Å². The monoisotopic (exact) mass is 959 g/mol. The van der Waals surface area contributed by atoms with Crippen molar-refractivity contribution < 1.29 is 62.5 Å². The molecule has 17 heteroatoms. The Hall–Kier alpha value is -2.48. The molecule has 0 aromatic heterocycles. The number of hydrogen-bond donors (Lipinski definition) is 6. The summed E-state index contributed by atoms with van der Waals surface area (Å²) >= 11 is 0. The van der Waals surface area contributed by atoms with Crippen molar-refractivity contribution in [2.24, 2.45) is 5.92 Å². The number of aliphatic hydroxyl groups is 2. The molecule has 0 radical (unpaired) electrons. The van der Waals surface area contributed by atoms with Crippen molar-refractivity contribution in [1.29, 1.82) is 0 Å². The molecular weight excluding hydrogens is 865 g/mol. The van der Waals surface area contributed by atoms with Gasteiger partial charge in [0.25, 0.3) is 0 Å². The lowest BCUT2D eigenvalue weighted by atomic mass is 9.90. The summed E-state index contributed by atoms with van der Waals surface area (Å²) in [5.74, 6) is -1.95. The Balaban J connectivity index is 1.91. The first kappa shape index (κ1) is 60.6. The standard InChI is InChI=1S/C50H94N4O13/c1-8-10-12-14-16-18-20-22-24-26-32-51-40(55)29-28-37(48(60)52-33-27-25-23-21-19-17-15-13-11-9-2)54-42(57)31-30-41(56)53-34-38-36(3)43(58)46(62-5)50(65-38)67-45-39(35-61-4)66-49(64-7)47(63-6)44(45)59/h36-39,43-47,49-50,58-59H,8-35H2,1-7H3,(H,51,55)(H,52,60)(H,53,56)(H,54,57)/t36-,37+,38?,39?,43+,44+,45-,46?,47?,49+,50-/m1/s1. The smallest absolute Gasteiger partial charge is 0.242 e. The normalized spacial score (nSPS) is 25.6. The Kier molecular flexibility index (Phi) is 33.8. The lowest BCUT2D eigenvalue weighted by molar-refractivity contribution is -0.355. The molecule has 0 aliphatic carbocycles. The third-order valence-corrected chi connectivity index (χ3v) is 13.1. The lowest BCUT2D eigenvalue weighted by Gasteiger charge is -2.47. The number of nitrogens with one attached hydrogen (secondary N) is 4. The Morgan fingerprint density at radius 1 is 0.537 bits per heavy atom. The molecule has 6 N–H and O–H groups in total. The van der Waals surface area contributed by atoms with Crippen LogP contribution in [0.2, 0.25) is 0 Å². The molecule has 4 unspecified atom stereocenters. The molecule has 4 amide bonds. The van der Waals surface area contributed by atoms with E-state index in [2.05, 4.69) is 35.1 Å². The van der Waals surface area contributed by atoms with Crippen molar-refractivity contribution >= 4 is 23.6 Å². The average Bonchev–Trinajstić information content (AvgIpc) is 3.32. The van der Waals surface area contributed by atoms with E-state index in [9.17, 15) is 29.4 Å². The molecule has 2 rings (SSSR count). The predicted molar refractivity (Wildman–Crippen MR) is 257 cm³/mol. The number of aliphatic hydroxyl groups excluding tert-OH is 2. The van der Waals surface area contributed by atoms with E-state index in [1.54, 1.807) is 6.92 Å². The first-order valence-corrected chi connectivity index (χ1v) is 26.0. The quantitative estimate of drug-likeness (QED) is 0.0406. The third kappa shape index (κ3) is 24.3. The van der Waals surface area contributed by atoms with Gasteiger partial charge in [-0.2, -0.15) is 0 Å². The van der Waals surface area contributed by atoms with Crippen LogP contribution in [0.5, 0.6) is 0 Å². The highest BCUT2D eigenvalue weighted by atomic mass is 16.7. The predicted octanol–water partition coefficient (Wildman–Crippen LogP) is 5.74. The van der Waals surface area contributed by atoms with Crippen molar-refractivity contribution in [3.63, 3.8) is 0 Å². The summed E-state index contributed by atoms with van der Waals surface area (Å²) in [7, 11) is 5.74. The van der Waals surface area contributed by atoms with E-state index in [-0.39, 0.29) is 50.6 Å². The minimum atomic E-state index is -1.22. The first-order chi connectivity index (χ1) is 32.4. The Morgan fingerprint density at radius 2 is 1.01 bits per heavy atom. The van der Waals surface area contributed by atoms with E-state index in [0.717, 1.165) is 38.5 Å². The molecule has 0 spiro atoms. The van der Waals surface area contributed by atoms with E-state index < -0.39 is 79.1 Å². The van der Waals surface area contributed by atoms with Gasteiger partial charge in [-0.3, -0.25) is 19.2 Å². The zero-order chi connectivity index (χ0) is 49.2. The summed E-state index contributed by atoms with van der Waals surface area (Å²) < 4.78 is 40.2. The van der Waals surface area contributed by atoms with Gasteiger partial charge in [-0.1, -0.05) is 136 Å². The van der Waals surface area contributed by atoms with Crippen LogP contribution in [0, 0.1) is 5.92 Å². The van der Waals surface area contributed by atoms with Crippen LogP contribution in [0.4, 0.5) is 0 Å². The highest BCUT2D eigenvalue weighted by Crippen LogP contribution is 2.33. The highest BCUT2D eigenvalue weighted by molar-refractivity contribution is 5.89. The van der Waals surface area contributed by atoms with E-state index in [4.69, 9.17) is 33.2 Å². The summed E-state index contributed by atoms with van der Waals surface area (Å²) in [6.07, 6.45) is 14.9. The molecule has 67 heavy (non-hydrogen) atoms. The zero-order valence-corrected chi connectivity index (χ0v) is 42.5. The summed E-state index contributed by atoms with van der Waals surface area (Å²) in [6.45, 7) is 7.29. The lowest BCUT2D eigenvalue weighted by Crippen LogP contribution is -2.64. The summed E-state index contributed by atoms with van der Waals surface area (Å²) in [4.78, 5) is 52.5. The molecular formula is C50H94N4O13. The SMILES string of the molecule is CCCCCCCCCCCCNC(=O)CC[C@H](NC(=O)CCC(=O)NCC1O[C@H](O[C@@H]2C(COC)O[C@H](OC)C(OC)[C@H]2O)C(OC)[C@@H](O)[C@@H]1C)C(=O)NCCCCCCCCCCCC. The van der Waals surface area contributed by atoms with Crippen molar-refractivity contribution in [2.75, 3.05) is 54.7 Å². The van der Waals surface area contributed by atoms with Crippen molar-refractivity contribution in [2.45, 2.75) is 236 Å². The third-order valence-electron chi connectivity index (χ3n) is 13.1. The number of carbonyl (C=O) groups excluding carboxylic acids is 4. The zero-order valence-electron chi connectivity index (χ0n) is 42.5. The van der Waals surface area contributed by atoms with Crippen LogP contribution >= 0.6 is 0 Å². The second-order valence-electron chi connectivity index (χ2n) is 18.6. The molecule has 2 aliphatic heterocycles. The van der Waals surface area contributed by atoms with Crippen LogP contribution in [-0.2, 0) is 52.3 Å². The van der Waals surface area contributed by atoms with Gasteiger partial charge >= 0.3 is 0 Å². The van der Waals surface area contributed by atoms with Gasteiger partial charge in [0, 0.05) is 73.3 Å². The number of unbranched alkanes of at least 4 members (excludes halogenated alkanes) is 18. The van der Waals surface area contributed by atoms with Crippen LogP contribution < -0.4 is 21.3 Å². The number of hydrogen-bond acceptors (Lipinski definition) is 13. The van der Waals surface area contributed by atoms with Gasteiger partial charge < -0.3 is 64.6 Å². The van der Waals surface area contributed by atoms with Gasteiger partial charge in [0.15, 0.2) is 12.6 Å². The van der Waals surface area contributed by atoms with Crippen LogP contribution in [0.25, 0.3) is 0 Å². The van der Waals surface area contributed by atoms with E-state index in [0.29, 0.717) is 13.1 Å². The summed E-state index contributed by atoms with van der Waals surface area (Å²) in [5.41, 5.74) is 0. The Morgan fingerprint density at radius 3 is 1.54 bits per heavy atom. The molecule has 0 saturated carbocycles. The highest BCUT2D eigenvalue weighted by Gasteiger charge is 2.51. The summed E-state index contributed by atoms with van der Waals surface area (Å²) in [6, 6.07) is -0.929. The van der Waals surface area contributed by atoms with Gasteiger partial charge in [-0.15, -0.1) is 0 Å². The minimum Gasteiger partial charge on any atom is -0.390 e. The second kappa shape index (κ2) is 37.4. The topological polar surface area (TPSA) is 221 Å². The fraction of sp³-hybridized carbons (Fsp3) is 0.920. The minimum absolute atomic E-state index is 0.0230. The molecule has 0 bridgehead atoms. The maximum absolute atomic E-state index is 13.4. The molecule has 0 aromatic carbocycles. The van der Waals surface area contributed by atoms with Gasteiger partial charge in [-0.05, 0) is 19.3 Å². The average molecular weight is 959 g/mol. The molecule has 17 nitrogen and oxygen atoms in total. The van der Waals surface area contributed by atoms with Crippen molar-refractivity contribution in [1.82, 2.24) is 21.3 Å². The van der Waals surface area contributed by atoms with Crippen molar-refractivity contribution in [3.05, 3.63) is 0 Å². The van der Waals surface area contributed by atoms with Crippen LogP contribution in [0.1, 0.15) is 175 Å². The number of ether oxygens (including phenoxy) is 7. The molecule has 2 saturated heterocycles. The Bertz CT molecular complexity index is 1310. The largest absolute Gasteiger partial charge is 0.390 e. The van der Waals surface area contributed by atoms with Crippen molar-refractivity contribution in [3.8, 4) is 0 Å². The summed E-state index contributed by atoms with van der Waals surface area (Å²) in [5, 5.41) is 34.0. The number of carbonyl (C=O) groups is 4. The fourth-order valence-corrected chi connectivity index (χ4v) is 8.82. The molecule has 2 aliphatic rings. The number of methoxy groups -OCH3 is 4. The van der Waals surface area contributed by atoms with Gasteiger partial charge in [0.1, 0.15) is 36.6 Å². The first-order valence-electron chi connectivity index (χ1n) is 26.0. The van der Waals surface area contributed by atoms with Gasteiger partial charge in [0.2, 0.25) is 23.6 Å². The molecule has 2 fully saturated rings. The number of amides is 4. The van der Waals surface area contributed by atoms with Crippen LogP contribution in [0.15, 0.2) is 0 Å². The molecule has 0 aromatic rings. The fourth-order valence-electron chi connectivity index (χ4n) is 8.82. The molecule has 11 atom stereocenters. The Labute approximate surface area is 403 Å². The van der Waals surface area contributed by atoms with Gasteiger partial charge in [0.05, 0.1) is 18.8 Å². The molecule has 2 heterocycles. The molecule has 392 valence electrons. The number of rotatable bonds is 39. The van der Waals surface area contributed by atoms with E-state index in [1.165, 1.54) is 118 Å². The van der Waals surface area contributed by atoms with Crippen LogP contribution in [0.3, 0.4) is 0 Å². The second-order valence-corrected chi connectivity index (χ2v) is 18.6. The maximum atomic E-state index is 13.4. The maximum Gasteiger partial charge on any atom is 0.242 e. The van der Waals surface area contributed by atoms with E-state index in [1.807, 2.05) is 0 Å². The van der Waals surface area contributed by atoms with Gasteiger partial charge in [-0.25, -0.2) is 0 Å².